The van der Waals surface area contributed by atoms with E-state index in [2.05, 4.69) is 10.3 Å². The van der Waals surface area contributed by atoms with Crippen molar-refractivity contribution in [3.05, 3.63) is 42.1 Å². The van der Waals surface area contributed by atoms with Crippen LogP contribution in [0.4, 0.5) is 0 Å². The normalized spacial score (nSPS) is 17.7. The molecule has 1 aromatic heterocycles. The first-order valence-electron chi connectivity index (χ1n) is 7.57. The minimum Gasteiger partial charge on any atom is -0.480 e. The van der Waals surface area contributed by atoms with E-state index in [0.29, 0.717) is 6.04 Å². The Hall–Kier alpha value is -1.94. The number of hydrogen-bond donors (Lipinski definition) is 2. The van der Waals surface area contributed by atoms with Gasteiger partial charge in [-0.1, -0.05) is 31.4 Å². The van der Waals surface area contributed by atoms with Crippen LogP contribution in [0, 0.1) is 0 Å². The molecule has 0 bridgehead atoms. The Morgan fingerprint density at radius 2 is 2.05 bits per heavy atom. The summed E-state index contributed by atoms with van der Waals surface area (Å²) in [6.45, 7) is 0. The van der Waals surface area contributed by atoms with Crippen molar-refractivity contribution in [2.24, 2.45) is 0 Å². The zero-order valence-corrected chi connectivity index (χ0v) is 12.0. The van der Waals surface area contributed by atoms with Gasteiger partial charge in [0, 0.05) is 17.6 Å². The number of nitrogens with zero attached hydrogens (tertiary/aromatic N) is 1. The molecule has 1 aliphatic rings. The number of carboxylic acids is 1. The fraction of sp³-hybridized carbons (Fsp3) is 0.412. The Balaban J connectivity index is 1.85. The topological polar surface area (TPSA) is 62.2 Å². The first-order chi connectivity index (χ1) is 10.2. The third-order valence-corrected chi connectivity index (χ3v) is 4.21. The molecule has 0 aliphatic heterocycles. The number of carbonyl (C=O) groups is 1. The molecule has 1 aromatic carbocycles. The second kappa shape index (κ2) is 6.22. The lowest BCUT2D eigenvalue weighted by Crippen LogP contribution is -2.38. The van der Waals surface area contributed by atoms with E-state index in [0.717, 1.165) is 29.3 Å². The third-order valence-electron chi connectivity index (χ3n) is 4.21. The number of aliphatic carboxylic acids is 1. The molecule has 2 aromatic rings. The molecule has 0 radical (unpaired) electrons. The maximum absolute atomic E-state index is 11.6. The van der Waals surface area contributed by atoms with Crippen LogP contribution in [0.15, 0.2) is 36.5 Å². The molecule has 3 rings (SSSR count). The average Bonchev–Trinajstić information content (AvgIpc) is 2.53. The van der Waals surface area contributed by atoms with Gasteiger partial charge in [-0.05, 0) is 36.6 Å². The van der Waals surface area contributed by atoms with E-state index in [1.54, 1.807) is 6.20 Å². The lowest BCUT2D eigenvalue weighted by molar-refractivity contribution is -0.140. The summed E-state index contributed by atoms with van der Waals surface area (Å²) in [5, 5.41) is 13.8. The van der Waals surface area contributed by atoms with Crippen molar-refractivity contribution in [2.45, 2.75) is 44.2 Å². The van der Waals surface area contributed by atoms with Gasteiger partial charge in [0.1, 0.15) is 6.04 Å². The molecular weight excluding hydrogens is 264 g/mol. The molecule has 2 N–H and O–H groups in total. The summed E-state index contributed by atoms with van der Waals surface area (Å²) in [6.07, 6.45) is 7.52. The van der Waals surface area contributed by atoms with Crippen LogP contribution in [0.1, 0.15) is 43.7 Å². The highest BCUT2D eigenvalue weighted by Crippen LogP contribution is 2.24. The summed E-state index contributed by atoms with van der Waals surface area (Å²) in [5.74, 6) is -0.816. The number of carboxylic acid groups (broad SMARTS) is 1. The highest BCUT2D eigenvalue weighted by molar-refractivity contribution is 5.82. The molecule has 0 saturated heterocycles. The summed E-state index contributed by atoms with van der Waals surface area (Å²) in [4.78, 5) is 15.9. The SMILES string of the molecule is O=C(O)C(NC1CCCCC1)c1ccc2ncccc2c1. The van der Waals surface area contributed by atoms with E-state index in [1.165, 1.54) is 19.3 Å². The van der Waals surface area contributed by atoms with Gasteiger partial charge in [-0.25, -0.2) is 0 Å². The van der Waals surface area contributed by atoms with Crippen LogP contribution in [0.5, 0.6) is 0 Å². The van der Waals surface area contributed by atoms with Crippen molar-refractivity contribution in [1.82, 2.24) is 10.3 Å². The van der Waals surface area contributed by atoms with Crippen LogP contribution in [-0.2, 0) is 4.79 Å². The third kappa shape index (κ3) is 3.22. The van der Waals surface area contributed by atoms with Crippen molar-refractivity contribution in [3.63, 3.8) is 0 Å². The van der Waals surface area contributed by atoms with Crippen LogP contribution in [0.25, 0.3) is 10.9 Å². The summed E-state index contributed by atoms with van der Waals surface area (Å²) < 4.78 is 0. The number of pyridine rings is 1. The Morgan fingerprint density at radius 3 is 2.81 bits per heavy atom. The molecule has 0 spiro atoms. The number of aromatic nitrogens is 1. The molecule has 4 heteroatoms. The second-order valence-electron chi connectivity index (χ2n) is 5.73. The van der Waals surface area contributed by atoms with Crippen molar-refractivity contribution in [2.75, 3.05) is 0 Å². The van der Waals surface area contributed by atoms with Gasteiger partial charge in [0.15, 0.2) is 0 Å². The smallest absolute Gasteiger partial charge is 0.325 e. The molecule has 1 aliphatic carbocycles. The monoisotopic (exact) mass is 284 g/mol. The second-order valence-corrected chi connectivity index (χ2v) is 5.73. The number of hydrogen-bond acceptors (Lipinski definition) is 3. The van der Waals surface area contributed by atoms with Crippen LogP contribution in [0.2, 0.25) is 0 Å². The summed E-state index contributed by atoms with van der Waals surface area (Å²) in [7, 11) is 0. The molecule has 1 atom stereocenters. The van der Waals surface area contributed by atoms with Crippen LogP contribution < -0.4 is 5.32 Å². The Bertz CT molecular complexity index is 635. The zero-order chi connectivity index (χ0) is 14.7. The van der Waals surface area contributed by atoms with Crippen LogP contribution in [0.3, 0.4) is 0 Å². The molecule has 0 amide bonds. The average molecular weight is 284 g/mol. The maximum Gasteiger partial charge on any atom is 0.325 e. The molecule has 21 heavy (non-hydrogen) atoms. The van der Waals surface area contributed by atoms with E-state index in [4.69, 9.17) is 0 Å². The molecular formula is C17H20N2O2. The molecule has 110 valence electrons. The first kappa shape index (κ1) is 14.0. The van der Waals surface area contributed by atoms with Gasteiger partial charge in [0.05, 0.1) is 5.52 Å². The number of fused-ring (bicyclic) bond motifs is 1. The lowest BCUT2D eigenvalue weighted by atomic mass is 9.93. The van der Waals surface area contributed by atoms with Crippen molar-refractivity contribution >= 4 is 16.9 Å². The van der Waals surface area contributed by atoms with Crippen LogP contribution in [-0.4, -0.2) is 22.1 Å². The number of nitrogens with one attached hydrogen (secondary N) is 1. The highest BCUT2D eigenvalue weighted by Gasteiger charge is 2.24. The van der Waals surface area contributed by atoms with E-state index < -0.39 is 12.0 Å². The first-order valence-corrected chi connectivity index (χ1v) is 7.57. The van der Waals surface area contributed by atoms with Gasteiger partial charge >= 0.3 is 5.97 Å². The zero-order valence-electron chi connectivity index (χ0n) is 12.0. The minimum absolute atomic E-state index is 0.310. The fourth-order valence-corrected chi connectivity index (χ4v) is 3.09. The van der Waals surface area contributed by atoms with Crippen molar-refractivity contribution in [3.8, 4) is 0 Å². The van der Waals surface area contributed by atoms with E-state index >= 15 is 0 Å². The van der Waals surface area contributed by atoms with Gasteiger partial charge in [-0.15, -0.1) is 0 Å². The highest BCUT2D eigenvalue weighted by atomic mass is 16.4. The summed E-state index contributed by atoms with van der Waals surface area (Å²) in [6, 6.07) is 9.19. The van der Waals surface area contributed by atoms with Gasteiger partial charge in [0.2, 0.25) is 0 Å². The Kier molecular flexibility index (Phi) is 4.15. The molecule has 1 heterocycles. The van der Waals surface area contributed by atoms with Crippen molar-refractivity contribution in [1.29, 1.82) is 0 Å². The van der Waals surface area contributed by atoms with Gasteiger partial charge in [-0.3, -0.25) is 15.1 Å². The number of rotatable bonds is 4. The Labute approximate surface area is 124 Å². The lowest BCUT2D eigenvalue weighted by Gasteiger charge is -2.26. The molecule has 1 fully saturated rings. The largest absolute Gasteiger partial charge is 0.480 e. The molecule has 1 unspecified atom stereocenters. The standard InChI is InChI=1S/C17H20N2O2/c20-17(21)16(19-14-6-2-1-3-7-14)13-8-9-15-12(11-13)5-4-10-18-15/h4-5,8-11,14,16,19H,1-3,6-7H2,(H,20,21). The number of benzene rings is 1. The fourth-order valence-electron chi connectivity index (χ4n) is 3.09. The minimum atomic E-state index is -0.816. The maximum atomic E-state index is 11.6. The van der Waals surface area contributed by atoms with Crippen molar-refractivity contribution < 1.29 is 9.90 Å². The van der Waals surface area contributed by atoms with E-state index in [1.807, 2.05) is 30.3 Å². The van der Waals surface area contributed by atoms with Crippen LogP contribution >= 0.6 is 0 Å². The molecule has 4 nitrogen and oxygen atoms in total. The van der Waals surface area contributed by atoms with Gasteiger partial charge in [-0.2, -0.15) is 0 Å². The van der Waals surface area contributed by atoms with Gasteiger partial charge in [0.25, 0.3) is 0 Å². The Morgan fingerprint density at radius 1 is 1.24 bits per heavy atom. The quantitative estimate of drug-likeness (QED) is 0.904. The summed E-state index contributed by atoms with van der Waals surface area (Å²) >= 11 is 0. The van der Waals surface area contributed by atoms with E-state index in [-0.39, 0.29) is 0 Å². The summed E-state index contributed by atoms with van der Waals surface area (Å²) in [5.41, 5.74) is 1.69. The molecule has 1 saturated carbocycles. The van der Waals surface area contributed by atoms with Gasteiger partial charge < -0.3 is 5.11 Å². The van der Waals surface area contributed by atoms with E-state index in [9.17, 15) is 9.90 Å². The predicted octanol–water partition coefficient (Wildman–Crippen LogP) is 3.28. The predicted molar refractivity (Wildman–Crippen MR) is 82.1 cm³/mol.